The first kappa shape index (κ1) is 11.2. The molecule has 0 aromatic heterocycles. The highest BCUT2D eigenvalue weighted by Crippen LogP contribution is 2.23. The van der Waals surface area contributed by atoms with Crippen LogP contribution in [0.4, 0.5) is 8.78 Å². The van der Waals surface area contributed by atoms with Crippen molar-refractivity contribution in [2.24, 2.45) is 5.73 Å². The van der Waals surface area contributed by atoms with Crippen molar-refractivity contribution in [2.75, 3.05) is 0 Å². The van der Waals surface area contributed by atoms with E-state index in [0.717, 1.165) is 0 Å². The van der Waals surface area contributed by atoms with Gasteiger partial charge in [-0.2, -0.15) is 0 Å². The minimum atomic E-state index is -2.59. The summed E-state index contributed by atoms with van der Waals surface area (Å²) in [5.74, 6) is -0.103. The van der Waals surface area contributed by atoms with Crippen LogP contribution in [0, 0.1) is 0 Å². The molecule has 78 valence electrons. The predicted molar refractivity (Wildman–Crippen MR) is 50.8 cm³/mol. The third-order valence-corrected chi connectivity index (χ3v) is 2.06. The molecule has 1 unspecified atom stereocenters. The monoisotopic (exact) mass is 221 g/mol. The van der Waals surface area contributed by atoms with E-state index < -0.39 is 12.5 Å². The van der Waals surface area contributed by atoms with E-state index >= 15 is 0 Å². The average molecular weight is 222 g/mol. The van der Waals surface area contributed by atoms with Crippen LogP contribution in [0.25, 0.3) is 0 Å². The highest BCUT2D eigenvalue weighted by atomic mass is 35.5. The van der Waals surface area contributed by atoms with Crippen molar-refractivity contribution in [3.05, 3.63) is 28.8 Å². The zero-order chi connectivity index (χ0) is 10.7. The molecule has 0 fully saturated rings. The lowest BCUT2D eigenvalue weighted by Gasteiger charge is -2.11. The zero-order valence-corrected chi connectivity index (χ0v) is 8.01. The zero-order valence-electron chi connectivity index (χ0n) is 7.25. The molecule has 1 rings (SSSR count). The topological polar surface area (TPSA) is 46.2 Å². The fraction of sp³-hybridized carbons (Fsp3) is 0.333. The maximum Gasteiger partial charge on any atom is 0.253 e. The lowest BCUT2D eigenvalue weighted by atomic mass is 10.1. The van der Waals surface area contributed by atoms with E-state index in [4.69, 9.17) is 17.3 Å². The second-order valence-electron chi connectivity index (χ2n) is 2.98. The van der Waals surface area contributed by atoms with Crippen molar-refractivity contribution in [3.63, 3.8) is 0 Å². The molecule has 0 aliphatic rings. The average Bonchev–Trinajstić information content (AvgIpc) is 2.09. The largest absolute Gasteiger partial charge is 0.508 e. The molecule has 0 bridgehead atoms. The molecular formula is C9H10ClF2NO. The number of hydrogen-bond donors (Lipinski definition) is 2. The molecule has 5 heteroatoms. The van der Waals surface area contributed by atoms with Gasteiger partial charge in [0, 0.05) is 5.02 Å². The van der Waals surface area contributed by atoms with E-state index in [2.05, 4.69) is 0 Å². The van der Waals surface area contributed by atoms with Gasteiger partial charge in [-0.25, -0.2) is 8.78 Å². The lowest BCUT2D eigenvalue weighted by molar-refractivity contribution is 0.115. The summed E-state index contributed by atoms with van der Waals surface area (Å²) in [5.41, 5.74) is 5.54. The highest BCUT2D eigenvalue weighted by Gasteiger charge is 2.17. The van der Waals surface area contributed by atoms with Crippen molar-refractivity contribution >= 4 is 11.6 Å². The molecule has 0 heterocycles. The van der Waals surface area contributed by atoms with E-state index in [0.29, 0.717) is 10.6 Å². The van der Waals surface area contributed by atoms with Gasteiger partial charge < -0.3 is 10.8 Å². The van der Waals surface area contributed by atoms with Crippen LogP contribution in [-0.2, 0) is 6.42 Å². The Morgan fingerprint density at radius 2 is 2.07 bits per heavy atom. The van der Waals surface area contributed by atoms with Gasteiger partial charge in [0.15, 0.2) is 0 Å². The summed E-state index contributed by atoms with van der Waals surface area (Å²) >= 11 is 5.58. The van der Waals surface area contributed by atoms with E-state index in [1.165, 1.54) is 18.2 Å². The number of halogens is 3. The Balaban J connectivity index is 2.77. The number of alkyl halides is 2. The SMILES string of the molecule is NC(Cc1ccc(Cl)cc1O)C(F)F. The molecule has 0 aliphatic heterocycles. The van der Waals surface area contributed by atoms with Gasteiger partial charge in [-0.15, -0.1) is 0 Å². The minimum absolute atomic E-state index is 0.0688. The van der Waals surface area contributed by atoms with Crippen LogP contribution in [0.1, 0.15) is 5.56 Å². The quantitative estimate of drug-likeness (QED) is 0.822. The Hall–Kier alpha value is -0.870. The van der Waals surface area contributed by atoms with Crippen molar-refractivity contribution in [2.45, 2.75) is 18.9 Å². The fourth-order valence-electron chi connectivity index (χ4n) is 1.05. The number of phenols is 1. The Labute approximate surface area is 85.3 Å². The van der Waals surface area contributed by atoms with Gasteiger partial charge in [-0.3, -0.25) is 0 Å². The molecule has 0 saturated carbocycles. The van der Waals surface area contributed by atoms with Crippen LogP contribution in [0.3, 0.4) is 0 Å². The van der Waals surface area contributed by atoms with Crippen molar-refractivity contribution in [3.8, 4) is 5.75 Å². The number of aromatic hydroxyl groups is 1. The molecular weight excluding hydrogens is 212 g/mol. The van der Waals surface area contributed by atoms with Gasteiger partial charge in [0.05, 0.1) is 6.04 Å². The van der Waals surface area contributed by atoms with Gasteiger partial charge >= 0.3 is 0 Å². The van der Waals surface area contributed by atoms with Gasteiger partial charge in [0.1, 0.15) is 5.75 Å². The number of benzene rings is 1. The normalized spacial score (nSPS) is 13.2. The van der Waals surface area contributed by atoms with Crippen molar-refractivity contribution in [1.29, 1.82) is 0 Å². The number of phenolic OH excluding ortho intramolecular Hbond substituents is 1. The van der Waals surface area contributed by atoms with Crippen LogP contribution in [0.15, 0.2) is 18.2 Å². The first-order valence-corrected chi connectivity index (χ1v) is 4.39. The summed E-state index contributed by atoms with van der Waals surface area (Å²) in [6, 6.07) is 3.05. The third kappa shape index (κ3) is 2.82. The number of hydrogen-bond acceptors (Lipinski definition) is 2. The summed E-state index contributed by atoms with van der Waals surface area (Å²) < 4.78 is 24.2. The van der Waals surface area contributed by atoms with Crippen molar-refractivity contribution < 1.29 is 13.9 Å². The molecule has 14 heavy (non-hydrogen) atoms. The Morgan fingerprint density at radius 1 is 1.43 bits per heavy atom. The molecule has 0 aliphatic carbocycles. The molecule has 3 N–H and O–H groups in total. The van der Waals surface area contributed by atoms with Crippen LogP contribution in [0.5, 0.6) is 5.75 Å². The van der Waals surface area contributed by atoms with Gasteiger partial charge in [0.25, 0.3) is 6.43 Å². The highest BCUT2D eigenvalue weighted by molar-refractivity contribution is 6.30. The second-order valence-corrected chi connectivity index (χ2v) is 3.41. The van der Waals surface area contributed by atoms with E-state index in [1.54, 1.807) is 0 Å². The van der Waals surface area contributed by atoms with E-state index in [9.17, 15) is 13.9 Å². The predicted octanol–water partition coefficient (Wildman–Crippen LogP) is 2.18. The molecule has 1 aromatic carbocycles. The van der Waals surface area contributed by atoms with Crippen molar-refractivity contribution in [1.82, 2.24) is 0 Å². The molecule has 2 nitrogen and oxygen atoms in total. The molecule has 1 atom stereocenters. The summed E-state index contributed by atoms with van der Waals surface area (Å²) in [7, 11) is 0. The number of rotatable bonds is 3. The summed E-state index contributed by atoms with van der Waals surface area (Å²) in [5, 5.41) is 9.70. The van der Waals surface area contributed by atoms with E-state index in [1.807, 2.05) is 0 Å². The summed E-state index contributed by atoms with van der Waals surface area (Å²) in [4.78, 5) is 0. The van der Waals surface area contributed by atoms with Gasteiger partial charge in [-0.05, 0) is 24.1 Å². The second kappa shape index (κ2) is 4.57. The van der Waals surface area contributed by atoms with Crippen LogP contribution in [0.2, 0.25) is 5.02 Å². The molecule has 0 saturated heterocycles. The fourth-order valence-corrected chi connectivity index (χ4v) is 1.22. The minimum Gasteiger partial charge on any atom is -0.508 e. The molecule has 0 radical (unpaired) electrons. The number of nitrogens with two attached hydrogens (primary N) is 1. The van der Waals surface area contributed by atoms with Crippen LogP contribution in [-0.4, -0.2) is 17.6 Å². The molecule has 0 amide bonds. The third-order valence-electron chi connectivity index (χ3n) is 1.83. The maximum atomic E-state index is 12.1. The Morgan fingerprint density at radius 3 is 2.57 bits per heavy atom. The first-order chi connectivity index (χ1) is 6.50. The standard InChI is InChI=1S/C9H10ClF2NO/c10-6-2-1-5(8(14)4-6)3-7(13)9(11)12/h1-2,4,7,9,14H,3,13H2. The maximum absolute atomic E-state index is 12.1. The summed E-state index contributed by atoms with van der Waals surface area (Å²) in [6.07, 6.45) is -2.66. The Bertz CT molecular complexity index is 320. The Kier molecular flexibility index (Phi) is 3.66. The molecule has 1 aromatic rings. The first-order valence-electron chi connectivity index (χ1n) is 4.02. The van der Waals surface area contributed by atoms with Gasteiger partial charge in [0.2, 0.25) is 0 Å². The van der Waals surface area contributed by atoms with Crippen LogP contribution >= 0.6 is 11.6 Å². The summed E-state index contributed by atoms with van der Waals surface area (Å²) in [6.45, 7) is 0. The van der Waals surface area contributed by atoms with E-state index in [-0.39, 0.29) is 12.2 Å². The smallest absolute Gasteiger partial charge is 0.253 e. The molecule has 0 spiro atoms. The lowest BCUT2D eigenvalue weighted by Crippen LogP contribution is -2.30. The van der Waals surface area contributed by atoms with Crippen LogP contribution < -0.4 is 5.73 Å². The van der Waals surface area contributed by atoms with Gasteiger partial charge in [-0.1, -0.05) is 17.7 Å².